The van der Waals surface area contributed by atoms with Crippen molar-refractivity contribution in [2.24, 2.45) is 0 Å². The lowest BCUT2D eigenvalue weighted by atomic mass is 9.94. The molecule has 0 aliphatic heterocycles. The third-order valence-corrected chi connectivity index (χ3v) is 6.07. The summed E-state index contributed by atoms with van der Waals surface area (Å²) in [5, 5.41) is 3.16. The van der Waals surface area contributed by atoms with Gasteiger partial charge < -0.3 is 9.88 Å². The number of aryl methyl sites for hydroxylation is 1. The summed E-state index contributed by atoms with van der Waals surface area (Å²) in [5.41, 5.74) is 7.80. The van der Waals surface area contributed by atoms with Gasteiger partial charge in [-0.3, -0.25) is 4.79 Å². The number of carbonyl (C=O) groups excluding carboxylic acids is 1. The van der Waals surface area contributed by atoms with Crippen molar-refractivity contribution in [1.29, 1.82) is 0 Å². The summed E-state index contributed by atoms with van der Waals surface area (Å²) in [6.45, 7) is 13.1. The van der Waals surface area contributed by atoms with E-state index in [1.165, 1.54) is 5.56 Å². The van der Waals surface area contributed by atoms with E-state index >= 15 is 0 Å². The number of anilines is 1. The van der Waals surface area contributed by atoms with Gasteiger partial charge in [0.1, 0.15) is 0 Å². The molecule has 0 aliphatic rings. The molecule has 0 atom stereocenters. The number of hydrogen-bond donors (Lipinski definition) is 1. The maximum absolute atomic E-state index is 14.0. The van der Waals surface area contributed by atoms with Gasteiger partial charge in [0.2, 0.25) is 0 Å². The van der Waals surface area contributed by atoms with Crippen molar-refractivity contribution < 1.29 is 4.79 Å². The number of benzene rings is 3. The van der Waals surface area contributed by atoms with Crippen molar-refractivity contribution in [2.75, 3.05) is 5.32 Å². The van der Waals surface area contributed by atoms with E-state index in [4.69, 9.17) is 0 Å². The number of para-hydroxylation sites is 1. The summed E-state index contributed by atoms with van der Waals surface area (Å²) in [6, 6.07) is 28.6. The van der Waals surface area contributed by atoms with E-state index in [2.05, 4.69) is 87.8 Å². The van der Waals surface area contributed by atoms with Gasteiger partial charge >= 0.3 is 0 Å². The van der Waals surface area contributed by atoms with E-state index < -0.39 is 0 Å². The summed E-state index contributed by atoms with van der Waals surface area (Å²) in [4.78, 5) is 14.0. The molecule has 1 aromatic heterocycles. The molecular weight excluding hydrogens is 416 g/mol. The van der Waals surface area contributed by atoms with Gasteiger partial charge in [-0.25, -0.2) is 0 Å². The summed E-state index contributed by atoms with van der Waals surface area (Å²) >= 11 is 0. The maximum Gasteiger partial charge on any atom is 0.258 e. The van der Waals surface area contributed by atoms with Gasteiger partial charge in [-0.2, -0.15) is 0 Å². The first kappa shape index (κ1) is 23.6. The molecule has 0 saturated heterocycles. The van der Waals surface area contributed by atoms with Crippen LogP contribution in [0.5, 0.6) is 0 Å². The van der Waals surface area contributed by atoms with Crippen LogP contribution >= 0.6 is 0 Å². The van der Waals surface area contributed by atoms with Crippen LogP contribution in [0.3, 0.4) is 0 Å². The first-order chi connectivity index (χ1) is 16.2. The topological polar surface area (TPSA) is 34.0 Å². The number of carbonyl (C=O) groups is 1. The Kier molecular flexibility index (Phi) is 6.47. The molecule has 0 aliphatic carbocycles. The van der Waals surface area contributed by atoms with E-state index in [1.54, 1.807) is 0 Å². The molecule has 3 heteroatoms. The molecule has 34 heavy (non-hydrogen) atoms. The Hall–Kier alpha value is -3.59. The highest BCUT2D eigenvalue weighted by molar-refractivity contribution is 6.12. The van der Waals surface area contributed by atoms with Crippen molar-refractivity contribution in [2.45, 2.75) is 53.0 Å². The molecule has 0 spiro atoms. The number of nitrogens with one attached hydrogen (secondary N) is 1. The van der Waals surface area contributed by atoms with Crippen LogP contribution in [0.25, 0.3) is 22.4 Å². The zero-order chi connectivity index (χ0) is 24.5. The average Bonchev–Trinajstić information content (AvgIpc) is 3.18. The fourth-order valence-corrected chi connectivity index (χ4v) is 4.65. The van der Waals surface area contributed by atoms with Gasteiger partial charge in [-0.1, -0.05) is 92.2 Å². The predicted molar refractivity (Wildman–Crippen MR) is 144 cm³/mol. The van der Waals surface area contributed by atoms with Crippen LogP contribution < -0.4 is 5.32 Å². The molecule has 174 valence electrons. The standard InChI is InChI=1S/C31H34N2O/c1-21(2)28-27(30(34)32-25-15-11-8-12-16-25)26(23-13-9-7-10-14-23)29(33(28)31(4,5)6)24-19-17-22(3)18-20-24/h7-21H,1-6H3,(H,32,34). The average molecular weight is 451 g/mol. The van der Waals surface area contributed by atoms with Gasteiger partial charge in [0.25, 0.3) is 5.91 Å². The molecule has 0 unspecified atom stereocenters. The van der Waals surface area contributed by atoms with Crippen LogP contribution in [0.1, 0.15) is 62.2 Å². The Morgan fingerprint density at radius 1 is 0.794 bits per heavy atom. The molecule has 0 saturated carbocycles. The molecule has 4 aromatic rings. The molecule has 4 rings (SSSR count). The number of hydrogen-bond acceptors (Lipinski definition) is 1. The molecule has 3 aromatic carbocycles. The molecule has 3 nitrogen and oxygen atoms in total. The smallest absolute Gasteiger partial charge is 0.258 e. The zero-order valence-electron chi connectivity index (χ0n) is 21.0. The normalized spacial score (nSPS) is 11.6. The van der Waals surface area contributed by atoms with Crippen LogP contribution in [-0.4, -0.2) is 10.5 Å². The third-order valence-electron chi connectivity index (χ3n) is 6.07. The van der Waals surface area contributed by atoms with Gasteiger partial charge in [-0.15, -0.1) is 0 Å². The molecule has 1 amide bonds. The second-order valence-corrected chi connectivity index (χ2v) is 10.2. The largest absolute Gasteiger partial charge is 0.338 e. The minimum absolute atomic E-state index is 0.0786. The highest BCUT2D eigenvalue weighted by Crippen LogP contribution is 2.45. The summed E-state index contributed by atoms with van der Waals surface area (Å²) in [7, 11) is 0. The second-order valence-electron chi connectivity index (χ2n) is 10.2. The van der Waals surface area contributed by atoms with E-state index in [-0.39, 0.29) is 17.4 Å². The number of rotatable bonds is 5. The third kappa shape index (κ3) is 4.56. The zero-order valence-corrected chi connectivity index (χ0v) is 21.0. The van der Waals surface area contributed by atoms with Crippen LogP contribution in [0.15, 0.2) is 84.9 Å². The Labute approximate surface area is 203 Å². The highest BCUT2D eigenvalue weighted by Gasteiger charge is 2.34. The fourth-order valence-electron chi connectivity index (χ4n) is 4.65. The minimum Gasteiger partial charge on any atom is -0.338 e. The van der Waals surface area contributed by atoms with E-state index in [1.807, 2.05) is 48.5 Å². The molecule has 1 N–H and O–H groups in total. The van der Waals surface area contributed by atoms with Crippen LogP contribution in [0, 0.1) is 6.92 Å². The van der Waals surface area contributed by atoms with Gasteiger partial charge in [0, 0.05) is 22.5 Å². The summed E-state index contributed by atoms with van der Waals surface area (Å²) in [5.74, 6) is 0.0718. The van der Waals surface area contributed by atoms with Crippen molar-refractivity contribution in [3.63, 3.8) is 0 Å². The molecule has 1 heterocycles. The highest BCUT2D eigenvalue weighted by atomic mass is 16.1. The minimum atomic E-state index is -0.228. The van der Waals surface area contributed by atoms with Crippen molar-refractivity contribution in [3.8, 4) is 22.4 Å². The molecule has 0 fully saturated rings. The van der Waals surface area contributed by atoms with E-state index in [0.717, 1.165) is 39.3 Å². The lowest BCUT2D eigenvalue weighted by Gasteiger charge is -2.29. The number of aromatic nitrogens is 1. The SMILES string of the molecule is Cc1ccc(-c2c(-c3ccccc3)c(C(=O)Nc3ccccc3)c(C(C)C)n2C(C)(C)C)cc1. The second kappa shape index (κ2) is 9.34. The molecular formula is C31H34N2O. The number of nitrogens with zero attached hydrogens (tertiary/aromatic N) is 1. The predicted octanol–water partition coefficient (Wildman–Crippen LogP) is 8.26. The van der Waals surface area contributed by atoms with Crippen LogP contribution in [0.2, 0.25) is 0 Å². The van der Waals surface area contributed by atoms with E-state index in [9.17, 15) is 4.79 Å². The van der Waals surface area contributed by atoms with Crippen molar-refractivity contribution in [1.82, 2.24) is 4.57 Å². The van der Waals surface area contributed by atoms with Crippen LogP contribution in [-0.2, 0) is 5.54 Å². The first-order valence-corrected chi connectivity index (χ1v) is 12.0. The fraction of sp³-hybridized carbons (Fsp3) is 0.258. The van der Waals surface area contributed by atoms with Gasteiger partial charge in [-0.05, 0) is 56.9 Å². The Balaban J connectivity index is 2.10. The maximum atomic E-state index is 14.0. The van der Waals surface area contributed by atoms with Gasteiger partial charge in [0.15, 0.2) is 0 Å². The Morgan fingerprint density at radius 3 is 1.88 bits per heavy atom. The number of amides is 1. The first-order valence-electron chi connectivity index (χ1n) is 12.0. The monoisotopic (exact) mass is 450 g/mol. The van der Waals surface area contributed by atoms with Crippen molar-refractivity contribution in [3.05, 3.63) is 102 Å². The van der Waals surface area contributed by atoms with Crippen molar-refractivity contribution >= 4 is 11.6 Å². The van der Waals surface area contributed by atoms with Crippen LogP contribution in [0.4, 0.5) is 5.69 Å². The van der Waals surface area contributed by atoms with Gasteiger partial charge in [0.05, 0.1) is 11.3 Å². The Morgan fingerprint density at radius 2 is 1.35 bits per heavy atom. The quantitative estimate of drug-likeness (QED) is 0.326. The lowest BCUT2D eigenvalue weighted by Crippen LogP contribution is -2.26. The molecule has 0 bridgehead atoms. The molecule has 0 radical (unpaired) electrons. The Bertz CT molecular complexity index is 1280. The summed E-state index contributed by atoms with van der Waals surface area (Å²) < 4.78 is 2.38. The lowest BCUT2D eigenvalue weighted by molar-refractivity contribution is 0.102. The van der Waals surface area contributed by atoms with E-state index in [0.29, 0.717) is 0 Å². The summed E-state index contributed by atoms with van der Waals surface area (Å²) in [6.07, 6.45) is 0.